The number of carbonyl (C=O) groups excluding carboxylic acids is 2. The molecular formula is C5H5O4. The van der Waals surface area contributed by atoms with Gasteiger partial charge in [0.2, 0.25) is 6.10 Å². The Labute approximate surface area is 51.7 Å². The SMILES string of the molecule is O=[C]OC1CCOC1=O. The van der Waals surface area contributed by atoms with E-state index in [4.69, 9.17) is 0 Å². The van der Waals surface area contributed by atoms with E-state index >= 15 is 0 Å². The average molecular weight is 129 g/mol. The average Bonchev–Trinajstić information content (AvgIpc) is 2.18. The van der Waals surface area contributed by atoms with E-state index < -0.39 is 12.1 Å². The highest BCUT2D eigenvalue weighted by molar-refractivity contribution is 5.77. The van der Waals surface area contributed by atoms with E-state index in [1.54, 1.807) is 0 Å². The van der Waals surface area contributed by atoms with Crippen molar-refractivity contribution in [3.05, 3.63) is 0 Å². The molecule has 9 heavy (non-hydrogen) atoms. The zero-order valence-corrected chi connectivity index (χ0v) is 4.62. The van der Waals surface area contributed by atoms with Crippen LogP contribution >= 0.6 is 0 Å². The lowest BCUT2D eigenvalue weighted by Crippen LogP contribution is -2.17. The first-order valence-corrected chi connectivity index (χ1v) is 2.54. The molecule has 0 bridgehead atoms. The fourth-order valence-corrected chi connectivity index (χ4v) is 0.642. The Morgan fingerprint density at radius 3 is 3.00 bits per heavy atom. The van der Waals surface area contributed by atoms with Gasteiger partial charge in [0.15, 0.2) is 0 Å². The zero-order valence-electron chi connectivity index (χ0n) is 4.62. The number of carbonyl (C=O) groups is 1. The van der Waals surface area contributed by atoms with E-state index in [-0.39, 0.29) is 0 Å². The van der Waals surface area contributed by atoms with Gasteiger partial charge in [0, 0.05) is 6.42 Å². The fraction of sp³-hybridized carbons (Fsp3) is 0.600. The van der Waals surface area contributed by atoms with E-state index in [0.29, 0.717) is 13.0 Å². The number of hydrogen-bond donors (Lipinski definition) is 0. The van der Waals surface area contributed by atoms with Gasteiger partial charge in [-0.3, -0.25) is 0 Å². The van der Waals surface area contributed by atoms with E-state index in [9.17, 15) is 9.59 Å². The Morgan fingerprint density at radius 2 is 2.56 bits per heavy atom. The van der Waals surface area contributed by atoms with E-state index in [1.165, 1.54) is 6.47 Å². The molecule has 4 heteroatoms. The van der Waals surface area contributed by atoms with Crippen LogP contribution in [0.5, 0.6) is 0 Å². The van der Waals surface area contributed by atoms with E-state index in [2.05, 4.69) is 9.47 Å². The van der Waals surface area contributed by atoms with Gasteiger partial charge in [-0.25, -0.2) is 9.59 Å². The Bertz CT molecular complexity index is 131. The van der Waals surface area contributed by atoms with Crippen LogP contribution in [0, 0.1) is 0 Å². The summed E-state index contributed by atoms with van der Waals surface area (Å²) in [7, 11) is 0. The van der Waals surface area contributed by atoms with Crippen molar-refractivity contribution in [2.24, 2.45) is 0 Å². The summed E-state index contributed by atoms with van der Waals surface area (Å²) in [6.07, 6.45) is -0.254. The van der Waals surface area contributed by atoms with Gasteiger partial charge in [0.25, 0.3) is 0 Å². The lowest BCUT2D eigenvalue weighted by molar-refractivity contribution is -0.144. The molecule has 0 aromatic rings. The van der Waals surface area contributed by atoms with Crippen molar-refractivity contribution in [2.45, 2.75) is 12.5 Å². The van der Waals surface area contributed by atoms with Gasteiger partial charge >= 0.3 is 12.4 Å². The molecule has 0 aromatic carbocycles. The summed E-state index contributed by atoms with van der Waals surface area (Å²) in [6, 6.07) is 0. The molecule has 1 saturated heterocycles. The normalized spacial score (nSPS) is 25.3. The first kappa shape index (κ1) is 6.07. The molecule has 0 aromatic heterocycles. The van der Waals surface area contributed by atoms with Gasteiger partial charge in [-0.05, 0) is 0 Å². The third-order valence-electron chi connectivity index (χ3n) is 1.08. The maximum Gasteiger partial charge on any atom is 0.418 e. The maximum absolute atomic E-state index is 10.4. The zero-order chi connectivity index (χ0) is 6.69. The van der Waals surface area contributed by atoms with E-state index in [1.807, 2.05) is 0 Å². The molecule has 1 rings (SSSR count). The quantitative estimate of drug-likeness (QED) is 0.466. The van der Waals surface area contributed by atoms with Crippen molar-refractivity contribution in [1.82, 2.24) is 0 Å². The second-order valence-corrected chi connectivity index (χ2v) is 1.65. The summed E-state index contributed by atoms with van der Waals surface area (Å²) in [6.45, 7) is 1.53. The maximum atomic E-state index is 10.4. The van der Waals surface area contributed by atoms with Gasteiger partial charge in [-0.1, -0.05) is 0 Å². The fourth-order valence-electron chi connectivity index (χ4n) is 0.642. The second kappa shape index (κ2) is 2.48. The van der Waals surface area contributed by atoms with Gasteiger partial charge in [0.05, 0.1) is 6.61 Å². The molecule has 4 nitrogen and oxygen atoms in total. The van der Waals surface area contributed by atoms with Crippen molar-refractivity contribution in [1.29, 1.82) is 0 Å². The monoisotopic (exact) mass is 129 g/mol. The largest absolute Gasteiger partial charge is 0.463 e. The molecule has 0 spiro atoms. The first-order chi connectivity index (χ1) is 4.34. The number of ether oxygens (including phenoxy) is 2. The lowest BCUT2D eigenvalue weighted by atomic mass is 10.3. The number of rotatable bonds is 2. The third-order valence-corrected chi connectivity index (χ3v) is 1.08. The van der Waals surface area contributed by atoms with Gasteiger partial charge < -0.3 is 9.47 Å². The molecule has 49 valence electrons. The Hall–Kier alpha value is -1.06. The lowest BCUT2D eigenvalue weighted by Gasteiger charge is -1.97. The summed E-state index contributed by atoms with van der Waals surface area (Å²) < 4.78 is 8.71. The summed E-state index contributed by atoms with van der Waals surface area (Å²) >= 11 is 0. The molecule has 1 heterocycles. The van der Waals surface area contributed by atoms with Crippen LogP contribution < -0.4 is 0 Å². The second-order valence-electron chi connectivity index (χ2n) is 1.65. The smallest absolute Gasteiger partial charge is 0.418 e. The molecular weight excluding hydrogens is 124 g/mol. The van der Waals surface area contributed by atoms with Crippen LogP contribution in [0.1, 0.15) is 6.42 Å². The molecule has 1 atom stereocenters. The predicted octanol–water partition coefficient (Wildman–Crippen LogP) is -0.614. The van der Waals surface area contributed by atoms with Crippen LogP contribution in [-0.4, -0.2) is 25.2 Å². The predicted molar refractivity (Wildman–Crippen MR) is 26.1 cm³/mol. The number of hydrogen-bond acceptors (Lipinski definition) is 4. The summed E-state index contributed by atoms with van der Waals surface area (Å²) in [5.41, 5.74) is 0. The standard InChI is InChI=1S/C5H5O4/c6-3-9-4-1-2-8-5(4)7/h4H,1-2H2. The highest BCUT2D eigenvalue weighted by atomic mass is 16.6. The van der Waals surface area contributed by atoms with Crippen LogP contribution in [0.25, 0.3) is 0 Å². The number of cyclic esters (lactones) is 1. The molecule has 0 N–H and O–H groups in total. The van der Waals surface area contributed by atoms with Crippen molar-refractivity contribution < 1.29 is 19.1 Å². The van der Waals surface area contributed by atoms with Gasteiger partial charge in [0.1, 0.15) is 0 Å². The van der Waals surface area contributed by atoms with Crippen molar-refractivity contribution in [3.63, 3.8) is 0 Å². The molecule has 0 aliphatic carbocycles. The summed E-state index contributed by atoms with van der Waals surface area (Å²) in [5.74, 6) is -0.474. The van der Waals surface area contributed by atoms with Crippen molar-refractivity contribution in [2.75, 3.05) is 6.61 Å². The van der Waals surface area contributed by atoms with Gasteiger partial charge in [-0.15, -0.1) is 0 Å². The van der Waals surface area contributed by atoms with E-state index in [0.717, 1.165) is 0 Å². The molecule has 1 radical (unpaired) electrons. The number of esters is 1. The molecule has 1 aliphatic rings. The van der Waals surface area contributed by atoms with Crippen LogP contribution in [0.15, 0.2) is 0 Å². The molecule has 1 fully saturated rings. The van der Waals surface area contributed by atoms with Gasteiger partial charge in [-0.2, -0.15) is 0 Å². The molecule has 1 unspecified atom stereocenters. The highest BCUT2D eigenvalue weighted by Crippen LogP contribution is 2.08. The Morgan fingerprint density at radius 1 is 1.78 bits per heavy atom. The summed E-state index contributed by atoms with van der Waals surface area (Å²) in [5, 5.41) is 0. The van der Waals surface area contributed by atoms with Crippen molar-refractivity contribution >= 4 is 12.4 Å². The van der Waals surface area contributed by atoms with Crippen LogP contribution in [0.2, 0.25) is 0 Å². The molecule has 0 saturated carbocycles. The third kappa shape index (κ3) is 1.19. The van der Waals surface area contributed by atoms with Crippen LogP contribution in [0.4, 0.5) is 0 Å². The minimum atomic E-state index is -0.706. The van der Waals surface area contributed by atoms with Crippen molar-refractivity contribution in [3.8, 4) is 0 Å². The topological polar surface area (TPSA) is 52.6 Å². The molecule has 1 aliphatic heterocycles. The van der Waals surface area contributed by atoms with Crippen LogP contribution in [-0.2, 0) is 19.1 Å². The minimum absolute atomic E-state index is 0.338. The Kier molecular flexibility index (Phi) is 1.67. The Balaban J connectivity index is 2.39. The first-order valence-electron chi connectivity index (χ1n) is 2.54. The minimum Gasteiger partial charge on any atom is -0.463 e. The summed E-state index contributed by atoms with van der Waals surface area (Å²) in [4.78, 5) is 20.0. The van der Waals surface area contributed by atoms with Crippen LogP contribution in [0.3, 0.4) is 0 Å². The molecule has 0 amide bonds. The highest BCUT2D eigenvalue weighted by Gasteiger charge is 2.27.